The van der Waals surface area contributed by atoms with Gasteiger partial charge in [0, 0.05) is 23.7 Å². The highest BCUT2D eigenvalue weighted by Gasteiger charge is 2.65. The predicted molar refractivity (Wildman–Crippen MR) is 126 cm³/mol. The maximum Gasteiger partial charge on any atom is 0.278 e. The van der Waals surface area contributed by atoms with E-state index in [-0.39, 0.29) is 23.1 Å². The molecule has 0 radical (unpaired) electrons. The first-order valence-corrected chi connectivity index (χ1v) is 11.5. The van der Waals surface area contributed by atoms with Gasteiger partial charge in [-0.2, -0.15) is 0 Å². The molecule has 2 aliphatic carbocycles. The third kappa shape index (κ3) is 2.33. The SMILES string of the molecule is CC(C)N1CN(C23c4ccccc4CC2(C)Cc2ccccc23)n2ccc(=O)c(O)c2C1=O. The van der Waals surface area contributed by atoms with Gasteiger partial charge in [-0.3, -0.25) is 19.3 Å². The van der Waals surface area contributed by atoms with E-state index < -0.39 is 16.7 Å². The molecule has 0 unspecified atom stereocenters. The van der Waals surface area contributed by atoms with E-state index in [1.54, 1.807) is 15.8 Å². The number of rotatable bonds is 2. The van der Waals surface area contributed by atoms with Crippen LogP contribution in [0, 0.1) is 5.41 Å². The van der Waals surface area contributed by atoms with Gasteiger partial charge >= 0.3 is 0 Å². The number of amides is 1. The molecule has 2 aromatic carbocycles. The zero-order chi connectivity index (χ0) is 23.1. The molecule has 3 aromatic rings. The molecule has 0 fully saturated rings. The summed E-state index contributed by atoms with van der Waals surface area (Å²) in [6.45, 7) is 6.60. The van der Waals surface area contributed by atoms with Crippen LogP contribution in [-0.4, -0.2) is 33.3 Å². The molecule has 0 atom stereocenters. The lowest BCUT2D eigenvalue weighted by atomic mass is 9.71. The van der Waals surface area contributed by atoms with E-state index in [1.165, 1.54) is 28.3 Å². The van der Waals surface area contributed by atoms with Gasteiger partial charge in [-0.05, 0) is 48.9 Å². The van der Waals surface area contributed by atoms with Gasteiger partial charge in [0.25, 0.3) is 5.91 Å². The molecule has 1 N–H and O–H groups in total. The fourth-order valence-corrected chi connectivity index (χ4v) is 6.59. The summed E-state index contributed by atoms with van der Waals surface area (Å²) in [6, 6.07) is 18.4. The highest BCUT2D eigenvalue weighted by Crippen LogP contribution is 2.63. The second kappa shape index (κ2) is 6.50. The van der Waals surface area contributed by atoms with Crippen LogP contribution in [-0.2, 0) is 18.4 Å². The summed E-state index contributed by atoms with van der Waals surface area (Å²) in [5, 5.41) is 13.0. The average molecular weight is 442 g/mol. The van der Waals surface area contributed by atoms with Gasteiger partial charge in [-0.1, -0.05) is 55.5 Å². The van der Waals surface area contributed by atoms with Crippen LogP contribution in [0.4, 0.5) is 0 Å². The second-order valence-corrected chi connectivity index (χ2v) is 10.1. The first-order valence-electron chi connectivity index (χ1n) is 11.5. The molecule has 33 heavy (non-hydrogen) atoms. The number of pyridine rings is 1. The Labute approximate surface area is 192 Å². The molecular formula is C27H27N3O3. The van der Waals surface area contributed by atoms with Crippen molar-refractivity contribution in [1.82, 2.24) is 9.58 Å². The number of hydrogen-bond donors (Lipinski definition) is 1. The van der Waals surface area contributed by atoms with Crippen molar-refractivity contribution in [2.24, 2.45) is 5.41 Å². The molecule has 168 valence electrons. The second-order valence-electron chi connectivity index (χ2n) is 10.1. The van der Waals surface area contributed by atoms with Crippen LogP contribution in [0.1, 0.15) is 53.5 Å². The molecule has 1 amide bonds. The Kier molecular flexibility index (Phi) is 3.96. The van der Waals surface area contributed by atoms with Gasteiger partial charge in [-0.25, -0.2) is 0 Å². The first kappa shape index (κ1) is 20.1. The van der Waals surface area contributed by atoms with Crippen LogP contribution < -0.4 is 10.4 Å². The van der Waals surface area contributed by atoms with Crippen LogP contribution in [0.25, 0.3) is 0 Å². The molecule has 1 aliphatic heterocycles. The Bertz CT molecular complexity index is 1320. The highest BCUT2D eigenvalue weighted by molar-refractivity contribution is 5.96. The molecule has 2 heterocycles. The Morgan fingerprint density at radius 3 is 2.06 bits per heavy atom. The van der Waals surface area contributed by atoms with E-state index >= 15 is 0 Å². The smallest absolute Gasteiger partial charge is 0.278 e. The quantitative estimate of drug-likeness (QED) is 0.662. The van der Waals surface area contributed by atoms with E-state index in [0.717, 1.165) is 12.8 Å². The minimum atomic E-state index is -0.551. The fraction of sp³-hybridized carbons (Fsp3) is 0.333. The standard InChI is InChI=1S/C27H27N3O3/c1-17(2)28-16-30(29-13-12-22(31)24(32)23(29)25(28)33)27-20-10-6-4-8-18(20)14-26(27,3)15-19-9-5-7-11-21(19)27/h4-13,17,32H,14-16H2,1-3H3. The topological polar surface area (TPSA) is 65.8 Å². The molecule has 0 saturated heterocycles. The lowest BCUT2D eigenvalue weighted by Gasteiger charge is -2.54. The summed E-state index contributed by atoms with van der Waals surface area (Å²) in [4.78, 5) is 27.5. The normalized spacial score (nSPS) is 25.2. The largest absolute Gasteiger partial charge is 0.502 e. The van der Waals surface area contributed by atoms with E-state index in [9.17, 15) is 14.7 Å². The Hall–Kier alpha value is -3.54. The number of nitrogens with zero attached hydrogens (tertiary/aromatic N) is 3. The van der Waals surface area contributed by atoms with Crippen molar-refractivity contribution in [3.63, 3.8) is 0 Å². The van der Waals surface area contributed by atoms with Crippen LogP contribution in [0.5, 0.6) is 5.75 Å². The van der Waals surface area contributed by atoms with Gasteiger partial charge in [0.15, 0.2) is 11.4 Å². The monoisotopic (exact) mass is 441 g/mol. The molecular weight excluding hydrogens is 414 g/mol. The fourth-order valence-electron chi connectivity index (χ4n) is 6.59. The van der Waals surface area contributed by atoms with Gasteiger partial charge in [0.2, 0.25) is 5.43 Å². The zero-order valence-corrected chi connectivity index (χ0v) is 19.1. The predicted octanol–water partition coefficient (Wildman–Crippen LogP) is 3.38. The first-order chi connectivity index (χ1) is 15.8. The van der Waals surface area contributed by atoms with Crippen molar-refractivity contribution in [3.05, 3.63) is 99.0 Å². The number of benzene rings is 2. The minimum absolute atomic E-state index is 0.0351. The Morgan fingerprint density at radius 2 is 1.48 bits per heavy atom. The molecule has 6 heteroatoms. The highest BCUT2D eigenvalue weighted by atomic mass is 16.3. The van der Waals surface area contributed by atoms with Crippen molar-refractivity contribution in [1.29, 1.82) is 0 Å². The lowest BCUT2D eigenvalue weighted by Crippen LogP contribution is -2.66. The number of carbonyl (C=O) groups excluding carboxylic acids is 1. The van der Waals surface area contributed by atoms with Crippen LogP contribution in [0.2, 0.25) is 0 Å². The zero-order valence-electron chi connectivity index (χ0n) is 19.1. The van der Waals surface area contributed by atoms with Gasteiger partial charge in [0.05, 0.1) is 0 Å². The molecule has 6 nitrogen and oxygen atoms in total. The van der Waals surface area contributed by atoms with E-state index in [4.69, 9.17) is 0 Å². The van der Waals surface area contributed by atoms with Crippen LogP contribution in [0.3, 0.4) is 0 Å². The third-order valence-corrected chi connectivity index (χ3v) is 7.92. The molecule has 1 aromatic heterocycles. The summed E-state index contributed by atoms with van der Waals surface area (Å²) in [5.74, 6) is -0.819. The van der Waals surface area contributed by atoms with E-state index in [0.29, 0.717) is 6.67 Å². The Balaban J connectivity index is 1.73. The summed E-state index contributed by atoms with van der Waals surface area (Å²) in [7, 11) is 0. The van der Waals surface area contributed by atoms with Crippen molar-refractivity contribution in [3.8, 4) is 5.75 Å². The molecule has 6 rings (SSSR count). The molecule has 0 bridgehead atoms. The minimum Gasteiger partial charge on any atom is -0.502 e. The molecule has 3 aliphatic rings. The summed E-state index contributed by atoms with van der Waals surface area (Å²) < 4.78 is 1.74. The number of hydrogen-bond acceptors (Lipinski definition) is 4. The number of carbonyl (C=O) groups is 1. The Morgan fingerprint density at radius 1 is 0.909 bits per heavy atom. The molecule has 0 spiro atoms. The van der Waals surface area contributed by atoms with E-state index in [1.807, 2.05) is 13.8 Å². The van der Waals surface area contributed by atoms with Gasteiger partial charge in [0.1, 0.15) is 12.2 Å². The van der Waals surface area contributed by atoms with Gasteiger partial charge in [-0.15, -0.1) is 0 Å². The number of aromatic nitrogens is 1. The van der Waals surface area contributed by atoms with Gasteiger partial charge < -0.3 is 10.0 Å². The maximum absolute atomic E-state index is 13.4. The summed E-state index contributed by atoms with van der Waals surface area (Å²) >= 11 is 0. The van der Waals surface area contributed by atoms with Crippen molar-refractivity contribution >= 4 is 5.91 Å². The van der Waals surface area contributed by atoms with E-state index in [2.05, 4.69) is 60.5 Å². The molecule has 0 saturated carbocycles. The maximum atomic E-state index is 13.4. The van der Waals surface area contributed by atoms with Crippen molar-refractivity contribution in [2.75, 3.05) is 11.7 Å². The number of fused-ring (bicyclic) bond motifs is 6. The summed E-state index contributed by atoms with van der Waals surface area (Å²) in [6.07, 6.45) is 3.46. The third-order valence-electron chi connectivity index (χ3n) is 7.92. The number of aromatic hydroxyl groups is 1. The van der Waals surface area contributed by atoms with Crippen molar-refractivity contribution in [2.45, 2.75) is 45.2 Å². The van der Waals surface area contributed by atoms with Crippen LogP contribution >= 0.6 is 0 Å². The van der Waals surface area contributed by atoms with Crippen molar-refractivity contribution < 1.29 is 9.90 Å². The average Bonchev–Trinajstić information content (AvgIpc) is 3.19. The lowest BCUT2D eigenvalue weighted by molar-refractivity contribution is 0.0542. The summed E-state index contributed by atoms with van der Waals surface area (Å²) in [5.41, 5.74) is 3.82. The van der Waals surface area contributed by atoms with Crippen LogP contribution in [0.15, 0.2) is 65.6 Å².